The van der Waals surface area contributed by atoms with Crippen LogP contribution in [0, 0.1) is 0 Å². The number of hydrogen-bond acceptors (Lipinski definition) is 5. The summed E-state index contributed by atoms with van der Waals surface area (Å²) in [6.07, 6.45) is 10.6. The van der Waals surface area contributed by atoms with Gasteiger partial charge in [0.15, 0.2) is 5.76 Å². The Morgan fingerprint density at radius 2 is 1.83 bits per heavy atom. The SMILES string of the molecule is CCc1ccc(N(C(=O)CNC(=O)c2ccco2)[C@H](C(=O)NC2CCCCC2)c2cccnc2)cc1. The van der Waals surface area contributed by atoms with E-state index >= 15 is 0 Å². The topological polar surface area (TPSA) is 105 Å². The summed E-state index contributed by atoms with van der Waals surface area (Å²) in [5.41, 5.74) is 2.27. The number of furan rings is 1. The lowest BCUT2D eigenvalue weighted by molar-refractivity contribution is -0.127. The van der Waals surface area contributed by atoms with E-state index in [1.54, 1.807) is 30.6 Å². The Morgan fingerprint density at radius 3 is 2.47 bits per heavy atom. The molecule has 8 nitrogen and oxygen atoms in total. The fourth-order valence-electron chi connectivity index (χ4n) is 4.55. The van der Waals surface area contributed by atoms with Crippen molar-refractivity contribution >= 4 is 23.4 Å². The second-order valence-corrected chi connectivity index (χ2v) is 8.98. The van der Waals surface area contributed by atoms with E-state index in [-0.39, 0.29) is 24.3 Å². The second kappa shape index (κ2) is 12.2. The van der Waals surface area contributed by atoms with Crippen LogP contribution < -0.4 is 15.5 Å². The first-order chi connectivity index (χ1) is 17.6. The van der Waals surface area contributed by atoms with Crippen LogP contribution in [0.15, 0.2) is 71.6 Å². The molecular weight excluding hydrogens is 456 g/mol. The fraction of sp³-hybridized carbons (Fsp3) is 0.357. The van der Waals surface area contributed by atoms with Crippen molar-refractivity contribution in [3.63, 3.8) is 0 Å². The van der Waals surface area contributed by atoms with E-state index in [0.717, 1.165) is 37.7 Å². The molecule has 2 heterocycles. The van der Waals surface area contributed by atoms with E-state index in [1.807, 2.05) is 24.3 Å². The van der Waals surface area contributed by atoms with E-state index in [0.29, 0.717) is 11.3 Å². The minimum absolute atomic E-state index is 0.0727. The van der Waals surface area contributed by atoms with Gasteiger partial charge < -0.3 is 15.1 Å². The van der Waals surface area contributed by atoms with Crippen molar-refractivity contribution in [2.24, 2.45) is 0 Å². The normalized spacial score (nSPS) is 14.6. The van der Waals surface area contributed by atoms with E-state index in [2.05, 4.69) is 22.5 Å². The van der Waals surface area contributed by atoms with Crippen LogP contribution in [-0.2, 0) is 16.0 Å². The zero-order chi connectivity index (χ0) is 25.3. The van der Waals surface area contributed by atoms with Crippen LogP contribution in [0.3, 0.4) is 0 Å². The maximum Gasteiger partial charge on any atom is 0.287 e. The Morgan fingerprint density at radius 1 is 1.06 bits per heavy atom. The number of carbonyl (C=O) groups is 3. The summed E-state index contributed by atoms with van der Waals surface area (Å²) in [5.74, 6) is -1.08. The lowest BCUT2D eigenvalue weighted by Crippen LogP contribution is -2.49. The summed E-state index contributed by atoms with van der Waals surface area (Å²) >= 11 is 0. The van der Waals surface area contributed by atoms with Gasteiger partial charge in [-0.15, -0.1) is 0 Å². The first-order valence-electron chi connectivity index (χ1n) is 12.5. The van der Waals surface area contributed by atoms with Gasteiger partial charge in [-0.05, 0) is 55.2 Å². The molecule has 1 aliphatic rings. The van der Waals surface area contributed by atoms with Gasteiger partial charge in [0.2, 0.25) is 11.8 Å². The van der Waals surface area contributed by atoms with Crippen LogP contribution in [-0.4, -0.2) is 35.3 Å². The Bertz CT molecular complexity index is 1140. The van der Waals surface area contributed by atoms with Gasteiger partial charge >= 0.3 is 0 Å². The van der Waals surface area contributed by atoms with Gasteiger partial charge in [0.25, 0.3) is 5.91 Å². The molecule has 0 bridgehead atoms. The molecule has 3 amide bonds. The Balaban J connectivity index is 1.66. The van der Waals surface area contributed by atoms with Crippen LogP contribution in [0.4, 0.5) is 5.69 Å². The van der Waals surface area contributed by atoms with Crippen molar-refractivity contribution < 1.29 is 18.8 Å². The average molecular weight is 489 g/mol. The van der Waals surface area contributed by atoms with Gasteiger partial charge in [0.05, 0.1) is 12.8 Å². The zero-order valence-corrected chi connectivity index (χ0v) is 20.5. The monoisotopic (exact) mass is 488 g/mol. The van der Waals surface area contributed by atoms with Gasteiger partial charge in [0, 0.05) is 29.7 Å². The highest BCUT2D eigenvalue weighted by molar-refractivity contribution is 6.04. The summed E-state index contributed by atoms with van der Waals surface area (Å²) in [5, 5.41) is 5.78. The van der Waals surface area contributed by atoms with Gasteiger partial charge in [-0.1, -0.05) is 44.4 Å². The molecular formula is C28H32N4O4. The summed E-state index contributed by atoms with van der Waals surface area (Å²) in [6.45, 7) is 1.75. The van der Waals surface area contributed by atoms with E-state index < -0.39 is 17.9 Å². The molecule has 188 valence electrons. The smallest absolute Gasteiger partial charge is 0.287 e. The van der Waals surface area contributed by atoms with Crippen molar-refractivity contribution in [1.29, 1.82) is 0 Å². The number of pyridine rings is 1. The van der Waals surface area contributed by atoms with E-state index in [1.165, 1.54) is 23.7 Å². The Kier molecular flexibility index (Phi) is 8.49. The summed E-state index contributed by atoms with van der Waals surface area (Å²) in [7, 11) is 0. The number of hydrogen-bond donors (Lipinski definition) is 2. The van der Waals surface area contributed by atoms with Crippen molar-refractivity contribution in [3.05, 3.63) is 84.1 Å². The molecule has 0 saturated heterocycles. The minimum atomic E-state index is -0.943. The number of anilines is 1. The highest BCUT2D eigenvalue weighted by Gasteiger charge is 2.34. The summed E-state index contributed by atoms with van der Waals surface area (Å²) < 4.78 is 5.13. The molecule has 1 atom stereocenters. The van der Waals surface area contributed by atoms with Crippen molar-refractivity contribution in [2.75, 3.05) is 11.4 Å². The number of amides is 3. The molecule has 1 aliphatic carbocycles. The first-order valence-corrected chi connectivity index (χ1v) is 12.5. The standard InChI is InChI=1S/C28H32N4O4/c1-2-20-12-14-23(15-13-20)32(25(33)19-30-27(34)24-11-7-17-36-24)26(21-8-6-16-29-18-21)28(35)31-22-9-4-3-5-10-22/h6-8,11-18,22,26H,2-5,9-10,19H2,1H3,(H,30,34)(H,31,35)/t26-/m0/s1. The van der Waals surface area contributed by atoms with Crippen LogP contribution in [0.1, 0.15) is 66.8 Å². The summed E-state index contributed by atoms with van der Waals surface area (Å²) in [6, 6.07) is 13.4. The number of nitrogens with one attached hydrogen (secondary N) is 2. The number of carbonyl (C=O) groups excluding carboxylic acids is 3. The van der Waals surface area contributed by atoms with E-state index in [4.69, 9.17) is 4.42 Å². The third kappa shape index (κ3) is 6.19. The number of aryl methyl sites for hydroxylation is 1. The van der Waals surface area contributed by atoms with Crippen LogP contribution in [0.25, 0.3) is 0 Å². The number of benzene rings is 1. The molecule has 1 saturated carbocycles. The van der Waals surface area contributed by atoms with Gasteiger partial charge in [-0.2, -0.15) is 0 Å². The molecule has 0 unspecified atom stereocenters. The van der Waals surface area contributed by atoms with Crippen LogP contribution >= 0.6 is 0 Å². The largest absolute Gasteiger partial charge is 0.459 e. The van der Waals surface area contributed by atoms with Crippen LogP contribution in [0.2, 0.25) is 0 Å². The third-order valence-electron chi connectivity index (χ3n) is 6.49. The van der Waals surface area contributed by atoms with Gasteiger partial charge in [-0.25, -0.2) is 0 Å². The summed E-state index contributed by atoms with van der Waals surface area (Å²) in [4.78, 5) is 45.5. The zero-order valence-electron chi connectivity index (χ0n) is 20.5. The maximum atomic E-state index is 13.7. The molecule has 8 heteroatoms. The maximum absolute atomic E-state index is 13.7. The highest BCUT2D eigenvalue weighted by Crippen LogP contribution is 2.29. The second-order valence-electron chi connectivity index (χ2n) is 8.98. The van der Waals surface area contributed by atoms with Crippen LogP contribution in [0.5, 0.6) is 0 Å². The number of aromatic nitrogens is 1. The molecule has 2 aromatic heterocycles. The van der Waals surface area contributed by atoms with Crippen molar-refractivity contribution in [3.8, 4) is 0 Å². The molecule has 0 spiro atoms. The first kappa shape index (κ1) is 25.2. The Labute approximate surface area is 211 Å². The predicted molar refractivity (Wildman–Crippen MR) is 136 cm³/mol. The molecule has 1 fully saturated rings. The average Bonchev–Trinajstić information content (AvgIpc) is 3.46. The van der Waals surface area contributed by atoms with Gasteiger partial charge in [0.1, 0.15) is 6.04 Å². The van der Waals surface area contributed by atoms with Crippen molar-refractivity contribution in [2.45, 2.75) is 57.5 Å². The molecule has 4 rings (SSSR count). The molecule has 1 aromatic carbocycles. The van der Waals surface area contributed by atoms with Gasteiger partial charge in [-0.3, -0.25) is 24.3 Å². The number of rotatable bonds is 9. The van der Waals surface area contributed by atoms with Crippen molar-refractivity contribution in [1.82, 2.24) is 15.6 Å². The highest BCUT2D eigenvalue weighted by atomic mass is 16.3. The minimum Gasteiger partial charge on any atom is -0.459 e. The quantitative estimate of drug-likeness (QED) is 0.470. The van der Waals surface area contributed by atoms with E-state index in [9.17, 15) is 14.4 Å². The Hall–Kier alpha value is -3.94. The fourth-order valence-corrected chi connectivity index (χ4v) is 4.55. The lowest BCUT2D eigenvalue weighted by Gasteiger charge is -2.33. The molecule has 2 N–H and O–H groups in total. The molecule has 0 radical (unpaired) electrons. The lowest BCUT2D eigenvalue weighted by atomic mass is 9.94. The molecule has 36 heavy (non-hydrogen) atoms. The number of nitrogens with zero attached hydrogens (tertiary/aromatic N) is 2. The third-order valence-corrected chi connectivity index (χ3v) is 6.49. The molecule has 0 aliphatic heterocycles. The molecule has 3 aromatic rings. The predicted octanol–water partition coefficient (Wildman–Crippen LogP) is 4.19.